The zero-order valence-electron chi connectivity index (χ0n) is 15.2. The minimum absolute atomic E-state index is 0.0492. The smallest absolute Gasteiger partial charge is 0.253 e. The summed E-state index contributed by atoms with van der Waals surface area (Å²) in [5.41, 5.74) is 3.04. The summed E-state index contributed by atoms with van der Waals surface area (Å²) in [4.78, 5) is 21.2. The normalized spacial score (nSPS) is 20.5. The fourth-order valence-electron chi connectivity index (χ4n) is 3.80. The van der Waals surface area contributed by atoms with Crippen LogP contribution in [0.25, 0.3) is 0 Å². The Morgan fingerprint density at radius 1 is 1.12 bits per heavy atom. The van der Waals surface area contributed by atoms with Gasteiger partial charge in [-0.05, 0) is 43.5 Å². The summed E-state index contributed by atoms with van der Waals surface area (Å²) in [6.45, 7) is 5.68. The van der Waals surface area contributed by atoms with Gasteiger partial charge in [0.15, 0.2) is 0 Å². The minimum Gasteiger partial charge on any atom is -0.363 e. The lowest BCUT2D eigenvalue weighted by atomic mass is 9.89. The quantitative estimate of drug-likeness (QED) is 0.853. The third-order valence-electron chi connectivity index (χ3n) is 5.44. The van der Waals surface area contributed by atoms with Crippen LogP contribution < -0.4 is 4.90 Å². The van der Waals surface area contributed by atoms with Gasteiger partial charge in [-0.15, -0.1) is 0 Å². The number of pyridine rings is 1. The number of carbonyl (C=O) groups excluding carboxylic acids is 1. The molecule has 0 saturated carbocycles. The Hall–Kier alpha value is -2.24. The van der Waals surface area contributed by atoms with E-state index in [1.165, 1.54) is 5.56 Å². The fraction of sp³-hybridized carbons (Fsp3) is 0.429. The zero-order valence-corrected chi connectivity index (χ0v) is 15.2. The number of para-hydroxylation sites is 1. The summed E-state index contributed by atoms with van der Waals surface area (Å²) in [6.07, 6.45) is 3.80. The number of benzene rings is 1. The second-order valence-corrected chi connectivity index (χ2v) is 7.39. The highest BCUT2D eigenvalue weighted by atomic mass is 16.5. The highest BCUT2D eigenvalue weighted by molar-refractivity contribution is 5.95. The van der Waals surface area contributed by atoms with Crippen LogP contribution in [-0.4, -0.2) is 47.6 Å². The summed E-state index contributed by atoms with van der Waals surface area (Å²) >= 11 is 0. The molecule has 1 aromatic carbocycles. The molecule has 1 aromatic heterocycles. The highest BCUT2D eigenvalue weighted by Gasteiger charge is 2.42. The molecular formula is C21H25N3O2. The number of ether oxygens (including phenoxy) is 1. The first-order valence-corrected chi connectivity index (χ1v) is 9.27. The van der Waals surface area contributed by atoms with Gasteiger partial charge < -0.3 is 9.64 Å². The summed E-state index contributed by atoms with van der Waals surface area (Å²) in [6, 6.07) is 14.1. The molecule has 0 atom stereocenters. The van der Waals surface area contributed by atoms with Gasteiger partial charge in [0, 0.05) is 31.5 Å². The number of hydrogen-bond acceptors (Lipinski definition) is 4. The monoisotopic (exact) mass is 351 g/mol. The molecule has 0 N–H and O–H groups in total. The van der Waals surface area contributed by atoms with E-state index in [-0.39, 0.29) is 18.1 Å². The Morgan fingerprint density at radius 3 is 2.58 bits per heavy atom. The predicted molar refractivity (Wildman–Crippen MR) is 101 cm³/mol. The van der Waals surface area contributed by atoms with Crippen molar-refractivity contribution < 1.29 is 9.53 Å². The molecule has 2 saturated heterocycles. The molecular weight excluding hydrogens is 326 g/mol. The number of piperidine rings is 1. The van der Waals surface area contributed by atoms with Crippen LogP contribution in [0.1, 0.15) is 24.1 Å². The van der Waals surface area contributed by atoms with Gasteiger partial charge >= 0.3 is 0 Å². The molecule has 4 rings (SSSR count). The molecule has 0 bridgehead atoms. The maximum atomic E-state index is 12.3. The average molecular weight is 351 g/mol. The Labute approximate surface area is 154 Å². The third-order valence-corrected chi connectivity index (χ3v) is 5.44. The molecule has 26 heavy (non-hydrogen) atoms. The van der Waals surface area contributed by atoms with Gasteiger partial charge in [-0.1, -0.05) is 24.3 Å². The third kappa shape index (κ3) is 3.64. The first-order chi connectivity index (χ1) is 12.6. The minimum atomic E-state index is -0.221. The van der Waals surface area contributed by atoms with E-state index in [1.807, 2.05) is 41.4 Å². The zero-order chi connectivity index (χ0) is 18.0. The van der Waals surface area contributed by atoms with Gasteiger partial charge in [-0.2, -0.15) is 0 Å². The number of likely N-dealkylation sites (tertiary alicyclic amines) is 1. The van der Waals surface area contributed by atoms with Gasteiger partial charge in [-0.25, -0.2) is 0 Å². The number of rotatable bonds is 3. The van der Waals surface area contributed by atoms with Crippen LogP contribution in [0.5, 0.6) is 0 Å². The molecule has 0 radical (unpaired) electrons. The largest absolute Gasteiger partial charge is 0.363 e. The van der Waals surface area contributed by atoms with E-state index in [0.717, 1.165) is 43.9 Å². The summed E-state index contributed by atoms with van der Waals surface area (Å²) in [5.74, 6) is 0.0492. The van der Waals surface area contributed by atoms with Crippen LogP contribution in [0.2, 0.25) is 0 Å². The molecule has 0 unspecified atom stereocenters. The molecule has 5 nitrogen and oxygen atoms in total. The molecule has 2 aromatic rings. The number of aryl methyl sites for hydroxylation is 1. The van der Waals surface area contributed by atoms with Crippen molar-refractivity contribution in [3.8, 4) is 0 Å². The van der Waals surface area contributed by atoms with E-state index in [2.05, 4.69) is 28.9 Å². The van der Waals surface area contributed by atoms with Crippen molar-refractivity contribution in [2.45, 2.75) is 31.9 Å². The van der Waals surface area contributed by atoms with Crippen LogP contribution in [0, 0.1) is 6.92 Å². The second-order valence-electron chi connectivity index (χ2n) is 7.39. The van der Waals surface area contributed by atoms with Gasteiger partial charge in [0.25, 0.3) is 5.91 Å². The van der Waals surface area contributed by atoms with Gasteiger partial charge in [-0.3, -0.25) is 14.7 Å². The number of nitrogens with zero attached hydrogens (tertiary/aromatic N) is 3. The molecule has 2 aliphatic heterocycles. The molecule has 0 aliphatic carbocycles. The first-order valence-electron chi connectivity index (χ1n) is 9.27. The van der Waals surface area contributed by atoms with Crippen LogP contribution in [-0.2, 0) is 16.1 Å². The SMILES string of the molecule is Cc1ccc(CN2CCC3(CC2)CN(c2ccccc2)C(=O)CO3)nc1. The molecule has 1 amide bonds. The maximum Gasteiger partial charge on any atom is 0.253 e. The molecule has 5 heteroatoms. The first kappa shape index (κ1) is 17.2. The van der Waals surface area contributed by atoms with Crippen molar-refractivity contribution >= 4 is 11.6 Å². The highest BCUT2D eigenvalue weighted by Crippen LogP contribution is 2.33. The Bertz CT molecular complexity index is 753. The van der Waals surface area contributed by atoms with Crippen LogP contribution in [0.15, 0.2) is 48.7 Å². The van der Waals surface area contributed by atoms with E-state index in [0.29, 0.717) is 6.54 Å². The van der Waals surface area contributed by atoms with Crippen molar-refractivity contribution in [3.05, 3.63) is 59.9 Å². The number of morpholine rings is 1. The fourth-order valence-corrected chi connectivity index (χ4v) is 3.80. The molecule has 136 valence electrons. The van der Waals surface area contributed by atoms with Crippen molar-refractivity contribution in [1.82, 2.24) is 9.88 Å². The van der Waals surface area contributed by atoms with Crippen LogP contribution >= 0.6 is 0 Å². The lowest BCUT2D eigenvalue weighted by molar-refractivity contribution is -0.145. The number of anilines is 1. The number of aromatic nitrogens is 1. The maximum absolute atomic E-state index is 12.3. The predicted octanol–water partition coefficient (Wildman–Crippen LogP) is 2.79. The number of carbonyl (C=O) groups is 1. The van der Waals surface area contributed by atoms with E-state index in [9.17, 15) is 4.79 Å². The summed E-state index contributed by atoms with van der Waals surface area (Å²) < 4.78 is 6.05. The van der Waals surface area contributed by atoms with Crippen LogP contribution in [0.3, 0.4) is 0 Å². The van der Waals surface area contributed by atoms with E-state index in [4.69, 9.17) is 4.74 Å². The average Bonchev–Trinajstić information content (AvgIpc) is 2.68. The summed E-state index contributed by atoms with van der Waals surface area (Å²) in [5, 5.41) is 0. The lowest BCUT2D eigenvalue weighted by Gasteiger charge is -2.47. The number of amides is 1. The summed E-state index contributed by atoms with van der Waals surface area (Å²) in [7, 11) is 0. The van der Waals surface area contributed by atoms with E-state index >= 15 is 0 Å². The molecule has 2 aliphatic rings. The standard InChI is InChI=1S/C21H25N3O2/c1-17-7-8-18(22-13-17)14-23-11-9-21(10-12-23)16-24(20(25)15-26-21)19-5-3-2-4-6-19/h2-8,13H,9-12,14-16H2,1H3. The van der Waals surface area contributed by atoms with Crippen LogP contribution in [0.4, 0.5) is 5.69 Å². The van der Waals surface area contributed by atoms with Gasteiger partial charge in [0.05, 0.1) is 17.8 Å². The molecule has 2 fully saturated rings. The molecule has 3 heterocycles. The van der Waals surface area contributed by atoms with Crippen molar-refractivity contribution in [2.75, 3.05) is 31.1 Å². The van der Waals surface area contributed by atoms with Crippen molar-refractivity contribution in [2.24, 2.45) is 0 Å². The Balaban J connectivity index is 1.40. The topological polar surface area (TPSA) is 45.7 Å². The van der Waals surface area contributed by atoms with Crippen molar-refractivity contribution in [3.63, 3.8) is 0 Å². The second kappa shape index (κ2) is 7.17. The lowest BCUT2D eigenvalue weighted by Crippen LogP contribution is -2.58. The van der Waals surface area contributed by atoms with E-state index < -0.39 is 0 Å². The molecule has 1 spiro atoms. The van der Waals surface area contributed by atoms with Gasteiger partial charge in [0.1, 0.15) is 6.61 Å². The van der Waals surface area contributed by atoms with Crippen molar-refractivity contribution in [1.29, 1.82) is 0 Å². The number of hydrogen-bond donors (Lipinski definition) is 0. The van der Waals surface area contributed by atoms with Gasteiger partial charge in [0.2, 0.25) is 0 Å². The Kier molecular flexibility index (Phi) is 4.74. The van der Waals surface area contributed by atoms with E-state index in [1.54, 1.807) is 0 Å². The Morgan fingerprint density at radius 2 is 1.88 bits per heavy atom.